The molecule has 324 valence electrons. The Hall–Kier alpha value is -5.82. The Balaban J connectivity index is 1.31. The number of fused-ring (bicyclic) bond motifs is 4. The van der Waals surface area contributed by atoms with Crippen LogP contribution >= 0.6 is 23.2 Å². The number of aromatic nitrogens is 1. The second-order valence-electron chi connectivity index (χ2n) is 15.1. The van der Waals surface area contributed by atoms with Crippen molar-refractivity contribution in [1.29, 1.82) is 0 Å². The van der Waals surface area contributed by atoms with Crippen LogP contribution in [0.5, 0.6) is 11.5 Å². The second-order valence-corrected chi connectivity index (χ2v) is 16.0. The summed E-state index contributed by atoms with van der Waals surface area (Å²) >= 11 is 12.5. The van der Waals surface area contributed by atoms with E-state index in [9.17, 15) is 59.0 Å². The standard InChI is InChI=1S/C41H27Cl2F9N4O6/c1-62-30-14-23(57)6-7-25(30)32-24-8-9-26-31(36(60)55(34(26)58)22-11-18(39(44,45)46)10-19(12-22)40(47,48)49)27(24)15-28-35(59)56(37(61)38(28,32)17-2-4-21(42)5-3-17)54-33-29(43)13-20(16-53-33)41(50,51)52/h2-8,10-14,16,26-28,31-32,57H,9,15H2,1H3,(H,53,54)/t26-,27+,28-,31-,32+,38+/m0/s1. The van der Waals surface area contributed by atoms with E-state index in [1.165, 1.54) is 55.7 Å². The molecule has 1 saturated carbocycles. The van der Waals surface area contributed by atoms with Crippen molar-refractivity contribution < 1.29 is 68.5 Å². The molecule has 0 bridgehead atoms. The number of amides is 4. The number of ether oxygens (including phenoxy) is 1. The number of phenolic OH excluding ortho intramolecular Hbond substituents is 1. The molecule has 3 heterocycles. The monoisotopic (exact) mass is 912 g/mol. The van der Waals surface area contributed by atoms with Crippen molar-refractivity contribution >= 4 is 58.3 Å². The number of nitrogens with one attached hydrogen (secondary N) is 1. The first kappa shape index (κ1) is 42.9. The molecule has 21 heteroatoms. The normalized spacial score (nSPS) is 25.1. The summed E-state index contributed by atoms with van der Waals surface area (Å²) in [6.07, 6.45) is -14.3. The molecule has 8 rings (SSSR count). The molecule has 4 aliphatic rings. The number of hydrogen-bond acceptors (Lipinski definition) is 8. The van der Waals surface area contributed by atoms with Crippen LogP contribution in [0.25, 0.3) is 0 Å². The van der Waals surface area contributed by atoms with Crippen LogP contribution in [0.1, 0.15) is 46.6 Å². The Kier molecular flexibility index (Phi) is 10.1. The van der Waals surface area contributed by atoms with Gasteiger partial charge in [-0.2, -0.15) is 44.5 Å². The van der Waals surface area contributed by atoms with Gasteiger partial charge < -0.3 is 9.84 Å². The highest BCUT2D eigenvalue weighted by molar-refractivity contribution is 6.33. The van der Waals surface area contributed by atoms with E-state index in [2.05, 4.69) is 10.4 Å². The molecule has 4 amide bonds. The maximum absolute atomic E-state index is 15.4. The number of allylic oxidation sites excluding steroid dienone is 2. The van der Waals surface area contributed by atoms with Crippen molar-refractivity contribution in [1.82, 2.24) is 9.99 Å². The van der Waals surface area contributed by atoms with Crippen LogP contribution in [0.15, 0.2) is 84.6 Å². The number of imide groups is 2. The van der Waals surface area contributed by atoms with Gasteiger partial charge in [0.25, 0.3) is 11.8 Å². The van der Waals surface area contributed by atoms with Gasteiger partial charge in [0.05, 0.1) is 57.7 Å². The molecule has 2 aliphatic heterocycles. The van der Waals surface area contributed by atoms with Gasteiger partial charge in [-0.15, -0.1) is 0 Å². The number of carbonyl (C=O) groups is 4. The van der Waals surface area contributed by atoms with Crippen LogP contribution in [0.3, 0.4) is 0 Å². The number of methoxy groups -OCH3 is 1. The van der Waals surface area contributed by atoms with Gasteiger partial charge in [0.2, 0.25) is 11.8 Å². The van der Waals surface area contributed by atoms with E-state index in [1.807, 2.05) is 0 Å². The summed E-state index contributed by atoms with van der Waals surface area (Å²) in [6, 6.07) is 10.5. The molecule has 0 spiro atoms. The maximum Gasteiger partial charge on any atom is 0.417 e. The molecule has 6 atom stereocenters. The highest BCUT2D eigenvalue weighted by Gasteiger charge is 2.71. The quantitative estimate of drug-likeness (QED) is 0.111. The second kappa shape index (κ2) is 14.6. The first-order valence-corrected chi connectivity index (χ1v) is 19.1. The Bertz CT molecular complexity index is 2570. The molecule has 4 aromatic rings. The van der Waals surface area contributed by atoms with Crippen LogP contribution in [-0.4, -0.2) is 45.8 Å². The number of benzene rings is 3. The zero-order valence-electron chi connectivity index (χ0n) is 31.3. The van der Waals surface area contributed by atoms with Crippen LogP contribution in [0.4, 0.5) is 51.0 Å². The van der Waals surface area contributed by atoms with E-state index >= 15 is 4.79 Å². The number of anilines is 2. The Morgan fingerprint density at radius 3 is 2.00 bits per heavy atom. The van der Waals surface area contributed by atoms with Gasteiger partial charge in [0.1, 0.15) is 11.5 Å². The molecule has 3 aromatic carbocycles. The number of alkyl halides is 9. The molecule has 2 saturated heterocycles. The summed E-state index contributed by atoms with van der Waals surface area (Å²) in [5.74, 6) is -12.0. The van der Waals surface area contributed by atoms with E-state index in [1.54, 1.807) is 0 Å². The minimum absolute atomic E-state index is 0.0241. The number of nitrogens with zero attached hydrogens (tertiary/aromatic N) is 3. The van der Waals surface area contributed by atoms with Crippen LogP contribution in [0, 0.1) is 23.7 Å². The summed E-state index contributed by atoms with van der Waals surface area (Å²) in [5, 5.41) is 10.6. The van der Waals surface area contributed by atoms with E-state index < -0.39 is 117 Å². The van der Waals surface area contributed by atoms with Crippen molar-refractivity contribution in [3.8, 4) is 11.5 Å². The molecular formula is C41H27Cl2F9N4O6. The van der Waals surface area contributed by atoms with Gasteiger partial charge in [-0.25, -0.2) is 9.88 Å². The minimum Gasteiger partial charge on any atom is -0.508 e. The number of carbonyl (C=O) groups excluding carboxylic acids is 4. The van der Waals surface area contributed by atoms with Crippen LogP contribution in [-0.2, 0) is 43.1 Å². The third kappa shape index (κ3) is 6.70. The minimum atomic E-state index is -5.32. The van der Waals surface area contributed by atoms with Gasteiger partial charge >= 0.3 is 18.5 Å². The fraction of sp³-hybridized carbons (Fsp3) is 0.293. The first-order chi connectivity index (χ1) is 29.0. The molecule has 2 N–H and O–H groups in total. The summed E-state index contributed by atoms with van der Waals surface area (Å²) in [6.45, 7) is 0. The predicted octanol–water partition coefficient (Wildman–Crippen LogP) is 9.35. The Morgan fingerprint density at radius 2 is 1.42 bits per heavy atom. The van der Waals surface area contributed by atoms with E-state index in [0.29, 0.717) is 17.3 Å². The van der Waals surface area contributed by atoms with Crippen molar-refractivity contribution in [3.63, 3.8) is 0 Å². The molecular weight excluding hydrogens is 886 g/mol. The van der Waals surface area contributed by atoms with E-state index in [-0.39, 0.29) is 62.7 Å². The van der Waals surface area contributed by atoms with Crippen molar-refractivity contribution in [3.05, 3.63) is 122 Å². The predicted molar refractivity (Wildman–Crippen MR) is 200 cm³/mol. The molecule has 3 fully saturated rings. The topological polar surface area (TPSA) is 129 Å². The fourth-order valence-corrected chi connectivity index (χ4v) is 9.72. The fourth-order valence-electron chi connectivity index (χ4n) is 9.39. The average Bonchev–Trinajstić information content (AvgIpc) is 3.58. The number of hydrazine groups is 1. The molecule has 0 radical (unpaired) electrons. The highest BCUT2D eigenvalue weighted by Crippen LogP contribution is 2.65. The summed E-state index contributed by atoms with van der Waals surface area (Å²) in [7, 11) is 1.24. The van der Waals surface area contributed by atoms with E-state index in [4.69, 9.17) is 27.9 Å². The lowest BCUT2D eigenvalue weighted by molar-refractivity contribution is -0.143. The average molecular weight is 914 g/mol. The molecule has 0 unspecified atom stereocenters. The SMILES string of the molecule is COc1cc(O)ccc1[C@H]1C2=CC[C@@H]3C(=O)N(c4cc(C(F)(F)F)cc(C(F)(F)F)c4)C(=O)[C@@H]3[C@@H]2C[C@H]2C(=O)N(Nc3ncc(C(F)(F)F)cc3Cl)C(=O)[C@@]12c1ccc(Cl)cc1. The van der Waals surface area contributed by atoms with Crippen LogP contribution < -0.4 is 15.1 Å². The van der Waals surface area contributed by atoms with Gasteiger partial charge in [-0.05, 0) is 66.8 Å². The maximum atomic E-state index is 15.4. The lowest BCUT2D eigenvalue weighted by atomic mass is 9.49. The molecule has 1 aromatic heterocycles. The summed E-state index contributed by atoms with van der Waals surface area (Å²) in [5.41, 5.74) is -4.76. The molecule has 2 aliphatic carbocycles. The number of phenols is 1. The number of rotatable bonds is 6. The lowest BCUT2D eigenvalue weighted by Crippen LogP contribution is -2.53. The zero-order valence-corrected chi connectivity index (χ0v) is 32.8. The summed E-state index contributed by atoms with van der Waals surface area (Å²) in [4.78, 5) is 62.9. The van der Waals surface area contributed by atoms with Gasteiger partial charge in [0, 0.05) is 28.8 Å². The Labute approximate surface area is 353 Å². The third-order valence-corrected chi connectivity index (χ3v) is 12.5. The lowest BCUT2D eigenvalue weighted by Gasteiger charge is -2.50. The third-order valence-electron chi connectivity index (χ3n) is 11.9. The van der Waals surface area contributed by atoms with Gasteiger partial charge in [-0.3, -0.25) is 24.6 Å². The number of pyridine rings is 1. The largest absolute Gasteiger partial charge is 0.508 e. The smallest absolute Gasteiger partial charge is 0.417 e. The van der Waals surface area contributed by atoms with Crippen molar-refractivity contribution in [2.75, 3.05) is 17.4 Å². The number of halogens is 11. The number of aromatic hydroxyl groups is 1. The highest BCUT2D eigenvalue weighted by atomic mass is 35.5. The first-order valence-electron chi connectivity index (χ1n) is 18.4. The number of hydrogen-bond donors (Lipinski definition) is 2. The Morgan fingerprint density at radius 1 is 0.790 bits per heavy atom. The van der Waals surface area contributed by atoms with Gasteiger partial charge in [0.15, 0.2) is 5.82 Å². The zero-order chi connectivity index (χ0) is 45.0. The molecule has 62 heavy (non-hydrogen) atoms. The van der Waals surface area contributed by atoms with Crippen molar-refractivity contribution in [2.45, 2.75) is 42.7 Å². The van der Waals surface area contributed by atoms with Gasteiger partial charge in [-0.1, -0.05) is 53.1 Å². The van der Waals surface area contributed by atoms with Crippen molar-refractivity contribution in [2.24, 2.45) is 23.7 Å². The molecule has 10 nitrogen and oxygen atoms in total. The van der Waals surface area contributed by atoms with E-state index in [0.717, 1.165) is 0 Å². The summed E-state index contributed by atoms with van der Waals surface area (Å²) < 4.78 is 130. The van der Waals surface area contributed by atoms with Crippen LogP contribution in [0.2, 0.25) is 10.0 Å².